The van der Waals surface area contributed by atoms with Crippen molar-refractivity contribution in [2.45, 2.75) is 24.9 Å². The monoisotopic (exact) mass is 307 g/mol. The van der Waals surface area contributed by atoms with Crippen LogP contribution in [-0.2, 0) is 6.18 Å². The van der Waals surface area contributed by atoms with E-state index in [4.69, 9.17) is 0 Å². The first-order chi connectivity index (χ1) is 9.76. The molecule has 0 unspecified atom stereocenters. The first-order valence-corrected chi connectivity index (χ1v) is 6.19. The summed E-state index contributed by atoms with van der Waals surface area (Å²) < 4.78 is 65.0. The summed E-state index contributed by atoms with van der Waals surface area (Å²) >= 11 is 0. The molecule has 0 aromatic carbocycles. The lowest BCUT2D eigenvalue weighted by Crippen LogP contribution is -2.40. The lowest BCUT2D eigenvalue weighted by atomic mass is 10.1. The van der Waals surface area contributed by atoms with Gasteiger partial charge in [0.05, 0.1) is 0 Å². The Labute approximate surface area is 115 Å². The molecule has 1 fully saturated rings. The predicted molar refractivity (Wildman–Crippen MR) is 62.2 cm³/mol. The summed E-state index contributed by atoms with van der Waals surface area (Å²) in [5.41, 5.74) is -0.0478. The Morgan fingerprint density at radius 1 is 1.05 bits per heavy atom. The molecule has 3 heterocycles. The number of rotatable bonds is 1. The van der Waals surface area contributed by atoms with Gasteiger partial charge in [0.1, 0.15) is 5.82 Å². The highest BCUT2D eigenvalue weighted by molar-refractivity contribution is 5.46. The van der Waals surface area contributed by atoms with Gasteiger partial charge in [-0.3, -0.25) is 0 Å². The smallest absolute Gasteiger partial charge is 0.355 e. The molecular formula is C11H10F5N5. The van der Waals surface area contributed by atoms with Crippen LogP contribution in [0.5, 0.6) is 0 Å². The van der Waals surface area contributed by atoms with E-state index in [0.29, 0.717) is 4.52 Å². The molecule has 0 aliphatic carbocycles. The number of hydrogen-bond donors (Lipinski definition) is 0. The molecule has 0 bridgehead atoms. The number of fused-ring (bicyclic) bond motifs is 1. The third kappa shape index (κ3) is 2.61. The van der Waals surface area contributed by atoms with E-state index in [1.54, 1.807) is 0 Å². The predicted octanol–water partition coefficient (Wildman–Crippen LogP) is 2.38. The van der Waals surface area contributed by atoms with E-state index in [1.807, 2.05) is 0 Å². The second kappa shape index (κ2) is 4.50. The normalized spacial score (nSPS) is 19.2. The summed E-state index contributed by atoms with van der Waals surface area (Å²) in [5, 5.41) is 10.3. The van der Waals surface area contributed by atoms with Crippen molar-refractivity contribution in [1.29, 1.82) is 0 Å². The van der Waals surface area contributed by atoms with Crippen molar-refractivity contribution in [2.75, 3.05) is 18.0 Å². The molecule has 21 heavy (non-hydrogen) atoms. The molecule has 2 aromatic rings. The molecule has 0 N–H and O–H groups in total. The van der Waals surface area contributed by atoms with Crippen molar-refractivity contribution in [3.8, 4) is 0 Å². The van der Waals surface area contributed by atoms with Crippen molar-refractivity contribution in [1.82, 2.24) is 19.8 Å². The van der Waals surface area contributed by atoms with Crippen molar-refractivity contribution in [3.63, 3.8) is 0 Å². The van der Waals surface area contributed by atoms with Gasteiger partial charge in [0, 0.05) is 25.9 Å². The van der Waals surface area contributed by atoms with Gasteiger partial charge in [-0.05, 0) is 12.1 Å². The van der Waals surface area contributed by atoms with Crippen LogP contribution in [0.1, 0.15) is 18.7 Å². The molecule has 0 spiro atoms. The highest BCUT2D eigenvalue weighted by atomic mass is 19.4. The molecule has 0 atom stereocenters. The van der Waals surface area contributed by atoms with Crippen molar-refractivity contribution in [3.05, 3.63) is 18.0 Å². The molecule has 5 nitrogen and oxygen atoms in total. The molecule has 1 aliphatic heterocycles. The van der Waals surface area contributed by atoms with E-state index in [0.717, 1.165) is 0 Å². The largest absolute Gasteiger partial charge is 0.453 e. The van der Waals surface area contributed by atoms with Gasteiger partial charge in [0.2, 0.25) is 0 Å². The van der Waals surface area contributed by atoms with Crippen LogP contribution in [0.15, 0.2) is 12.1 Å². The summed E-state index contributed by atoms with van der Waals surface area (Å²) in [6.45, 7) is 0.0734. The Morgan fingerprint density at radius 3 is 2.33 bits per heavy atom. The first kappa shape index (κ1) is 14.0. The minimum absolute atomic E-state index is 0.0367. The second-order valence-electron chi connectivity index (χ2n) is 4.83. The van der Waals surface area contributed by atoms with E-state index in [1.165, 1.54) is 17.0 Å². The van der Waals surface area contributed by atoms with Crippen molar-refractivity contribution >= 4 is 11.5 Å². The zero-order valence-corrected chi connectivity index (χ0v) is 10.6. The van der Waals surface area contributed by atoms with Crippen LogP contribution in [0.25, 0.3) is 5.65 Å². The number of alkyl halides is 5. The van der Waals surface area contributed by atoms with E-state index >= 15 is 0 Å². The fourth-order valence-corrected chi connectivity index (χ4v) is 2.19. The van der Waals surface area contributed by atoms with Gasteiger partial charge in [0.25, 0.3) is 11.7 Å². The van der Waals surface area contributed by atoms with E-state index in [2.05, 4.69) is 15.3 Å². The minimum atomic E-state index is -4.68. The van der Waals surface area contributed by atoms with Crippen molar-refractivity contribution in [2.24, 2.45) is 0 Å². The van der Waals surface area contributed by atoms with Crippen LogP contribution < -0.4 is 4.90 Å². The molecular weight excluding hydrogens is 297 g/mol. The maximum absolute atomic E-state index is 13.1. The van der Waals surface area contributed by atoms with E-state index in [9.17, 15) is 22.0 Å². The highest BCUT2D eigenvalue weighted by Gasteiger charge is 2.38. The van der Waals surface area contributed by atoms with Gasteiger partial charge < -0.3 is 4.90 Å². The molecule has 1 aliphatic rings. The Hall–Kier alpha value is -2.00. The van der Waals surface area contributed by atoms with Crippen molar-refractivity contribution < 1.29 is 22.0 Å². The summed E-state index contributed by atoms with van der Waals surface area (Å²) in [6.07, 6.45) is -5.37. The molecule has 1 saturated heterocycles. The summed E-state index contributed by atoms with van der Waals surface area (Å²) in [7, 11) is 0. The fourth-order valence-electron chi connectivity index (χ4n) is 2.19. The van der Waals surface area contributed by atoms with E-state index < -0.39 is 17.9 Å². The first-order valence-electron chi connectivity index (χ1n) is 6.19. The highest BCUT2D eigenvalue weighted by Crippen LogP contribution is 2.31. The molecule has 0 amide bonds. The van der Waals surface area contributed by atoms with E-state index in [-0.39, 0.29) is 37.4 Å². The number of halogens is 5. The average Bonchev–Trinajstić information content (AvgIpc) is 2.81. The third-order valence-electron chi connectivity index (χ3n) is 3.32. The van der Waals surface area contributed by atoms with Gasteiger partial charge >= 0.3 is 6.18 Å². The number of hydrogen-bond acceptors (Lipinski definition) is 4. The lowest BCUT2D eigenvalue weighted by Gasteiger charge is -2.32. The Morgan fingerprint density at radius 2 is 1.71 bits per heavy atom. The number of piperidine rings is 1. The fraction of sp³-hybridized carbons (Fsp3) is 0.545. The molecule has 3 rings (SSSR count). The standard InChI is InChI=1S/C11H10F5N5/c12-10(13)3-5-20(6-4-10)8-2-1-7-17-18-9(11(14,15)16)21(7)19-8/h1-2H,3-6H2. The summed E-state index contributed by atoms with van der Waals surface area (Å²) in [4.78, 5) is 1.52. The molecule has 0 radical (unpaired) electrons. The van der Waals surface area contributed by atoms with Crippen LogP contribution in [-0.4, -0.2) is 38.8 Å². The Balaban J connectivity index is 1.94. The third-order valence-corrected chi connectivity index (χ3v) is 3.32. The average molecular weight is 307 g/mol. The quantitative estimate of drug-likeness (QED) is 0.759. The Kier molecular flexibility index (Phi) is 2.99. The zero-order chi connectivity index (χ0) is 15.3. The molecule has 10 heteroatoms. The summed E-state index contributed by atoms with van der Waals surface area (Å²) in [5.74, 6) is -3.76. The van der Waals surface area contributed by atoms with Crippen LogP contribution >= 0.6 is 0 Å². The Bertz CT molecular complexity index is 655. The molecule has 114 valence electrons. The maximum Gasteiger partial charge on any atom is 0.453 e. The van der Waals surface area contributed by atoms with Gasteiger partial charge in [-0.1, -0.05) is 0 Å². The van der Waals surface area contributed by atoms with Crippen LogP contribution in [0, 0.1) is 0 Å². The zero-order valence-electron chi connectivity index (χ0n) is 10.6. The van der Waals surface area contributed by atoms with Crippen LogP contribution in [0.4, 0.5) is 27.8 Å². The van der Waals surface area contributed by atoms with Crippen LogP contribution in [0.3, 0.4) is 0 Å². The minimum Gasteiger partial charge on any atom is -0.355 e. The van der Waals surface area contributed by atoms with Crippen LogP contribution in [0.2, 0.25) is 0 Å². The molecule has 0 saturated carbocycles. The second-order valence-corrected chi connectivity index (χ2v) is 4.83. The maximum atomic E-state index is 13.1. The van der Waals surface area contributed by atoms with Gasteiger partial charge in [0.15, 0.2) is 5.65 Å². The van der Waals surface area contributed by atoms with Gasteiger partial charge in [-0.2, -0.15) is 17.7 Å². The topological polar surface area (TPSA) is 46.3 Å². The van der Waals surface area contributed by atoms with Gasteiger partial charge in [-0.15, -0.1) is 15.3 Å². The number of anilines is 1. The summed E-state index contributed by atoms with van der Waals surface area (Å²) in [6, 6.07) is 2.78. The SMILES string of the molecule is FC1(F)CCN(c2ccc3nnc(C(F)(F)F)n3n2)CC1. The molecule has 2 aromatic heterocycles. The number of aromatic nitrogens is 4. The van der Waals surface area contributed by atoms with Gasteiger partial charge in [-0.25, -0.2) is 8.78 Å². The lowest BCUT2D eigenvalue weighted by molar-refractivity contribution is -0.146. The number of nitrogens with zero attached hydrogens (tertiary/aromatic N) is 5.